The number of aromatic nitrogens is 2. The van der Waals surface area contributed by atoms with Crippen molar-refractivity contribution in [3.63, 3.8) is 0 Å². The molecule has 2 aromatic carbocycles. The van der Waals surface area contributed by atoms with Crippen molar-refractivity contribution >= 4 is 28.0 Å². The van der Waals surface area contributed by atoms with Gasteiger partial charge in [0.2, 0.25) is 0 Å². The van der Waals surface area contributed by atoms with Crippen LogP contribution in [0.4, 0.5) is 9.18 Å². The van der Waals surface area contributed by atoms with Crippen molar-refractivity contribution in [2.45, 2.75) is 13.0 Å². The van der Waals surface area contributed by atoms with Crippen molar-refractivity contribution in [2.24, 2.45) is 0 Å². The Labute approximate surface area is 171 Å². The third-order valence-corrected chi connectivity index (χ3v) is 4.55. The van der Waals surface area contributed by atoms with Crippen molar-refractivity contribution in [1.82, 2.24) is 20.2 Å². The lowest BCUT2D eigenvalue weighted by Gasteiger charge is -2.09. The molecule has 3 aromatic rings. The molecule has 144 valence electrons. The summed E-state index contributed by atoms with van der Waals surface area (Å²) in [6, 6.07) is 12.6. The number of rotatable bonds is 7. The molecule has 0 saturated heterocycles. The Hall–Kier alpha value is -2.93. The average molecular weight is 443 g/mol. The van der Waals surface area contributed by atoms with Crippen molar-refractivity contribution in [1.29, 1.82) is 0 Å². The Balaban J connectivity index is 1.39. The van der Waals surface area contributed by atoms with Crippen LogP contribution in [0.25, 0.3) is 11.8 Å². The minimum atomic E-state index is -0.365. The molecule has 7 heteroatoms. The summed E-state index contributed by atoms with van der Waals surface area (Å²) in [4.78, 5) is 15.8. The normalized spacial score (nSPS) is 10.9. The number of carbonyl (C=O) groups is 1. The summed E-state index contributed by atoms with van der Waals surface area (Å²) in [7, 11) is 0. The SMILES string of the molecule is O=C(NCC/C=C/c1ccc(Br)cc1)NCc1ccc(-n2ccnc2)c(F)c1. The third-order valence-electron chi connectivity index (χ3n) is 4.02. The monoisotopic (exact) mass is 442 g/mol. The Morgan fingerprint density at radius 1 is 1.18 bits per heavy atom. The van der Waals surface area contributed by atoms with Gasteiger partial charge >= 0.3 is 6.03 Å². The molecule has 0 aliphatic carbocycles. The molecule has 3 rings (SSSR count). The van der Waals surface area contributed by atoms with Crippen molar-refractivity contribution < 1.29 is 9.18 Å². The summed E-state index contributed by atoms with van der Waals surface area (Å²) < 4.78 is 16.8. The van der Waals surface area contributed by atoms with E-state index in [0.717, 1.165) is 16.5 Å². The van der Waals surface area contributed by atoms with Gasteiger partial charge in [0.1, 0.15) is 5.82 Å². The highest BCUT2D eigenvalue weighted by Crippen LogP contribution is 2.15. The lowest BCUT2D eigenvalue weighted by Crippen LogP contribution is -2.35. The molecule has 0 radical (unpaired) electrons. The number of urea groups is 1. The van der Waals surface area contributed by atoms with Crippen LogP contribution in [-0.4, -0.2) is 22.1 Å². The standard InChI is InChI=1S/C21H20BrFN4O/c22-18-7-4-16(5-8-18)3-1-2-10-25-21(28)26-14-17-6-9-20(19(23)13-17)27-12-11-24-15-27/h1,3-9,11-13,15H,2,10,14H2,(H2,25,26,28)/b3-1+. The van der Waals surface area contributed by atoms with E-state index in [4.69, 9.17) is 0 Å². The Bertz CT molecular complexity index is 940. The lowest BCUT2D eigenvalue weighted by atomic mass is 10.2. The Kier molecular flexibility index (Phi) is 6.97. The molecule has 28 heavy (non-hydrogen) atoms. The number of benzene rings is 2. The predicted octanol–water partition coefficient (Wildman–Crippen LogP) is 4.68. The fourth-order valence-corrected chi connectivity index (χ4v) is 2.84. The number of amides is 2. The van der Waals surface area contributed by atoms with Gasteiger partial charge in [-0.3, -0.25) is 0 Å². The first-order chi connectivity index (χ1) is 13.6. The van der Waals surface area contributed by atoms with Crippen LogP contribution >= 0.6 is 15.9 Å². The molecule has 2 N–H and O–H groups in total. The van der Waals surface area contributed by atoms with Gasteiger partial charge in [0.15, 0.2) is 0 Å². The molecule has 0 aliphatic heterocycles. The number of carbonyl (C=O) groups excluding carboxylic acids is 1. The van der Waals surface area contributed by atoms with Gasteiger partial charge in [-0.2, -0.15) is 0 Å². The lowest BCUT2D eigenvalue weighted by molar-refractivity contribution is 0.240. The molecule has 0 saturated carbocycles. The fourth-order valence-electron chi connectivity index (χ4n) is 2.58. The van der Waals surface area contributed by atoms with Gasteiger partial charge in [-0.1, -0.05) is 46.3 Å². The minimum Gasteiger partial charge on any atom is -0.338 e. The van der Waals surface area contributed by atoms with Gasteiger partial charge < -0.3 is 15.2 Å². The minimum absolute atomic E-state index is 0.252. The first kappa shape index (κ1) is 19.8. The van der Waals surface area contributed by atoms with Crippen LogP contribution in [0.1, 0.15) is 17.5 Å². The summed E-state index contributed by atoms with van der Waals surface area (Å²) in [6.07, 6.45) is 9.54. The number of imidazole rings is 1. The van der Waals surface area contributed by atoms with Crippen LogP contribution in [0.3, 0.4) is 0 Å². The second-order valence-electron chi connectivity index (χ2n) is 6.11. The number of hydrogen-bond acceptors (Lipinski definition) is 2. The van der Waals surface area contributed by atoms with Gasteiger partial charge in [-0.05, 0) is 41.8 Å². The largest absolute Gasteiger partial charge is 0.338 e. The van der Waals surface area contributed by atoms with E-state index in [9.17, 15) is 9.18 Å². The van der Waals surface area contributed by atoms with Crippen molar-refractivity contribution in [3.8, 4) is 5.69 Å². The molecule has 0 fully saturated rings. The summed E-state index contributed by atoms with van der Waals surface area (Å²) in [5.41, 5.74) is 2.21. The van der Waals surface area contributed by atoms with Crippen LogP contribution in [0.15, 0.2) is 71.7 Å². The maximum Gasteiger partial charge on any atom is 0.315 e. The molecule has 5 nitrogen and oxygen atoms in total. The molecular weight excluding hydrogens is 423 g/mol. The van der Waals surface area contributed by atoms with Gasteiger partial charge in [-0.15, -0.1) is 0 Å². The molecule has 2 amide bonds. The molecule has 1 heterocycles. The van der Waals surface area contributed by atoms with Crippen molar-refractivity contribution in [3.05, 3.63) is 88.7 Å². The molecule has 0 aliphatic rings. The highest BCUT2D eigenvalue weighted by Gasteiger charge is 2.06. The molecule has 0 bridgehead atoms. The predicted molar refractivity (Wildman–Crippen MR) is 112 cm³/mol. The van der Waals surface area contributed by atoms with Crippen LogP contribution in [-0.2, 0) is 6.54 Å². The summed E-state index contributed by atoms with van der Waals surface area (Å²) >= 11 is 3.40. The fraction of sp³-hybridized carbons (Fsp3) is 0.143. The Morgan fingerprint density at radius 3 is 2.71 bits per heavy atom. The highest BCUT2D eigenvalue weighted by molar-refractivity contribution is 9.10. The average Bonchev–Trinajstić information content (AvgIpc) is 3.22. The summed E-state index contributed by atoms with van der Waals surface area (Å²) in [5.74, 6) is -0.365. The van der Waals surface area contributed by atoms with E-state index < -0.39 is 0 Å². The van der Waals surface area contributed by atoms with Crippen LogP contribution in [0.2, 0.25) is 0 Å². The van der Waals surface area contributed by atoms with E-state index in [0.29, 0.717) is 17.8 Å². The number of nitrogens with one attached hydrogen (secondary N) is 2. The Morgan fingerprint density at radius 2 is 2.00 bits per heavy atom. The van der Waals surface area contributed by atoms with E-state index in [1.54, 1.807) is 29.1 Å². The van der Waals surface area contributed by atoms with E-state index in [1.165, 1.54) is 12.4 Å². The van der Waals surface area contributed by atoms with E-state index >= 15 is 0 Å². The number of hydrogen-bond donors (Lipinski definition) is 2. The third kappa shape index (κ3) is 5.79. The zero-order valence-electron chi connectivity index (χ0n) is 15.1. The topological polar surface area (TPSA) is 59.0 Å². The summed E-state index contributed by atoms with van der Waals surface area (Å²) in [5, 5.41) is 5.51. The van der Waals surface area contributed by atoms with Crippen molar-refractivity contribution in [2.75, 3.05) is 6.54 Å². The molecular formula is C21H20BrFN4O. The van der Waals surface area contributed by atoms with E-state index in [2.05, 4.69) is 31.5 Å². The second-order valence-corrected chi connectivity index (χ2v) is 7.02. The van der Waals surface area contributed by atoms with Gasteiger partial charge in [0.25, 0.3) is 0 Å². The van der Waals surface area contributed by atoms with E-state index in [1.807, 2.05) is 36.4 Å². The van der Waals surface area contributed by atoms with Gasteiger partial charge in [0, 0.05) is 30.0 Å². The van der Waals surface area contributed by atoms with E-state index in [-0.39, 0.29) is 18.4 Å². The number of halogens is 2. The molecule has 0 atom stereocenters. The zero-order valence-corrected chi connectivity index (χ0v) is 16.7. The zero-order chi connectivity index (χ0) is 19.8. The van der Waals surface area contributed by atoms with Crippen LogP contribution in [0, 0.1) is 5.82 Å². The smallest absolute Gasteiger partial charge is 0.315 e. The quantitative estimate of drug-likeness (QED) is 0.522. The summed E-state index contributed by atoms with van der Waals surface area (Å²) in [6.45, 7) is 0.772. The number of nitrogens with zero attached hydrogens (tertiary/aromatic N) is 2. The van der Waals surface area contributed by atoms with Crippen LogP contribution < -0.4 is 10.6 Å². The second kappa shape index (κ2) is 9.85. The first-order valence-electron chi connectivity index (χ1n) is 8.82. The molecule has 0 spiro atoms. The first-order valence-corrected chi connectivity index (χ1v) is 9.62. The maximum absolute atomic E-state index is 14.2. The molecule has 1 aromatic heterocycles. The maximum atomic E-state index is 14.2. The van der Waals surface area contributed by atoms with Gasteiger partial charge in [0.05, 0.1) is 12.0 Å². The molecule has 0 unspecified atom stereocenters. The highest BCUT2D eigenvalue weighted by atomic mass is 79.9. The van der Waals surface area contributed by atoms with Crippen LogP contribution in [0.5, 0.6) is 0 Å². The van der Waals surface area contributed by atoms with Gasteiger partial charge in [-0.25, -0.2) is 14.2 Å².